The molecule has 0 saturated carbocycles. The molecule has 0 N–H and O–H groups in total. The van der Waals surface area contributed by atoms with Crippen molar-refractivity contribution in [2.24, 2.45) is 0 Å². The van der Waals surface area contributed by atoms with Gasteiger partial charge in [-0.05, 0) is 85.8 Å². The smallest absolute Gasteiger partial charge is 0.164 e. The van der Waals surface area contributed by atoms with Gasteiger partial charge in [-0.25, -0.2) is 15.0 Å². The van der Waals surface area contributed by atoms with E-state index >= 15 is 0 Å². The van der Waals surface area contributed by atoms with Gasteiger partial charge in [0.2, 0.25) is 0 Å². The first kappa shape index (κ1) is 14.2. The molecule has 0 aliphatic heterocycles. The van der Waals surface area contributed by atoms with Gasteiger partial charge >= 0.3 is 0 Å². The standard InChI is InChI=1S/C57H36N4/c1-4-15-37(16-5-1)38-29-31-40(32-30-38)56-58-55(39-17-6-2-7-18-39)59-57(60-56)44-22-13-20-42(36-44)41-19-12-21-43(35-41)46-33-34-51-54-52(46)48-26-11-10-25-47(48)49-27-14-28-50(53(49)54)61(51)45-23-8-3-9-24-45/h1-36H/i1D,2D,3D,4D,5D,6D,7D,8D,9D,10D,11D,12D,13D,14D,15D,16D,17D,18D,19D,20D,21D,22D,23D,24D,25D,26D,27D,28D,29D,30D,31D,32D,33D,34D,35D,36D. The van der Waals surface area contributed by atoms with E-state index in [1.54, 1.807) is 0 Å². The molecule has 2 heterocycles. The average molecular weight is 813 g/mol. The van der Waals surface area contributed by atoms with E-state index in [1.807, 2.05) is 0 Å². The Morgan fingerprint density at radius 3 is 1.44 bits per heavy atom. The lowest BCUT2D eigenvalue weighted by Gasteiger charge is -2.14. The third kappa shape index (κ3) is 5.88. The van der Waals surface area contributed by atoms with Crippen molar-refractivity contribution in [3.63, 3.8) is 0 Å². The first-order valence-corrected chi connectivity index (χ1v) is 17.8. The molecule has 0 spiro atoms. The van der Waals surface area contributed by atoms with Gasteiger partial charge in [-0.3, -0.25) is 0 Å². The largest absolute Gasteiger partial charge is 0.309 e. The monoisotopic (exact) mass is 813 g/mol. The van der Waals surface area contributed by atoms with Crippen LogP contribution in [0.2, 0.25) is 0 Å². The summed E-state index contributed by atoms with van der Waals surface area (Å²) in [5.41, 5.74) is -10.3. The second-order valence-corrected chi connectivity index (χ2v) is 12.8. The SMILES string of the molecule is [2H]c1c([2H])c([2H])c(-c2nc(-c3c([2H])c([2H])c(-c4c([2H])c([2H])c([2H])c([2H])c4[2H])c([2H])c3[2H])nc(-c3c([2H])c([2H])c([2H])c(-c4c([2H])c([2H])c([2H])c(-c5c([2H])c([2H])c6c7c5c5c([2H])c([2H])c([2H])c([2H])c5c5c([2H])c([2H])c([2H])c(c57)n6-c5c([2H])c([2H])c([2H])c([2H])c5[2H])c4[2H])c3[2H])n2)c([2H])c1[2H]. The molecule has 0 saturated heterocycles. The summed E-state index contributed by atoms with van der Waals surface area (Å²) in [7, 11) is 0. The van der Waals surface area contributed by atoms with Crippen LogP contribution in [0.25, 0.3) is 117 Å². The van der Waals surface area contributed by atoms with Crippen LogP contribution < -0.4 is 0 Å². The minimum atomic E-state index is -1.22. The zero-order chi connectivity index (χ0) is 71.6. The van der Waals surface area contributed by atoms with Gasteiger partial charge < -0.3 is 4.57 Å². The Balaban J connectivity index is 1.23. The summed E-state index contributed by atoms with van der Waals surface area (Å²) < 4.78 is 326. The number of nitrogens with zero attached hydrogens (tertiary/aromatic N) is 4. The van der Waals surface area contributed by atoms with E-state index in [4.69, 9.17) is 27.4 Å². The molecule has 12 aromatic rings. The van der Waals surface area contributed by atoms with Gasteiger partial charge in [0.15, 0.2) is 17.5 Å². The molecule has 284 valence electrons. The number of hydrogen-bond donors (Lipinski definition) is 0. The van der Waals surface area contributed by atoms with Gasteiger partial charge in [-0.1, -0.05) is 181 Å². The second kappa shape index (κ2) is 14.3. The highest BCUT2D eigenvalue weighted by Crippen LogP contribution is 2.47. The lowest BCUT2D eigenvalue weighted by atomic mass is 9.89. The maximum absolute atomic E-state index is 10.1. The van der Waals surface area contributed by atoms with Crippen LogP contribution in [0.5, 0.6) is 0 Å². The fourth-order valence-corrected chi connectivity index (χ4v) is 6.88. The molecular formula is C57H36N4. The quantitative estimate of drug-likeness (QED) is 0.151. The second-order valence-electron chi connectivity index (χ2n) is 12.8. The molecule has 4 nitrogen and oxygen atoms in total. The lowest BCUT2D eigenvalue weighted by molar-refractivity contribution is 1.07. The van der Waals surface area contributed by atoms with Crippen LogP contribution in [0.15, 0.2) is 218 Å². The Morgan fingerprint density at radius 1 is 0.295 bits per heavy atom. The average Bonchev–Trinajstić information content (AvgIpc) is 1.55. The Kier molecular flexibility index (Phi) is 3.32. The van der Waals surface area contributed by atoms with E-state index in [0.29, 0.717) is 0 Å². The van der Waals surface area contributed by atoms with E-state index < -0.39 is 334 Å². The molecule has 0 bridgehead atoms. The number of para-hydroxylation sites is 1. The molecule has 0 amide bonds. The zero-order valence-electron chi connectivity index (χ0n) is 66.3. The van der Waals surface area contributed by atoms with Crippen molar-refractivity contribution in [2.75, 3.05) is 0 Å². The maximum Gasteiger partial charge on any atom is 0.164 e. The first-order chi connectivity index (χ1) is 45.2. The minimum Gasteiger partial charge on any atom is -0.309 e. The van der Waals surface area contributed by atoms with Crippen LogP contribution in [0.4, 0.5) is 0 Å². The van der Waals surface area contributed by atoms with Crippen LogP contribution >= 0.6 is 0 Å². The van der Waals surface area contributed by atoms with Crippen molar-refractivity contribution < 1.29 is 49.3 Å². The Hall–Kier alpha value is -8.21. The number of benzene rings is 10. The highest BCUT2D eigenvalue weighted by molar-refractivity contribution is 6.36. The summed E-state index contributed by atoms with van der Waals surface area (Å²) >= 11 is 0. The molecular weight excluding hydrogens is 741 g/mol. The molecule has 10 aromatic carbocycles. The number of aromatic nitrogens is 4. The molecule has 0 aliphatic rings. The minimum absolute atomic E-state index is 0.425. The predicted molar refractivity (Wildman–Crippen MR) is 253 cm³/mol. The molecule has 0 fully saturated rings. The molecule has 61 heavy (non-hydrogen) atoms. The highest BCUT2D eigenvalue weighted by atomic mass is 15.0. The number of rotatable bonds is 7. The van der Waals surface area contributed by atoms with Gasteiger partial charge in [0.25, 0.3) is 0 Å². The number of hydrogen-bond acceptors (Lipinski definition) is 3. The molecule has 4 heteroatoms. The van der Waals surface area contributed by atoms with Crippen molar-refractivity contribution in [1.82, 2.24) is 19.5 Å². The van der Waals surface area contributed by atoms with Gasteiger partial charge in [0, 0.05) is 38.5 Å². The summed E-state index contributed by atoms with van der Waals surface area (Å²) in [6.45, 7) is 0. The molecule has 0 atom stereocenters. The van der Waals surface area contributed by atoms with E-state index in [1.165, 1.54) is 0 Å². The predicted octanol–water partition coefficient (Wildman–Crippen LogP) is 14.7. The first-order valence-electron chi connectivity index (χ1n) is 35.8. The van der Waals surface area contributed by atoms with E-state index in [9.17, 15) is 21.9 Å². The Morgan fingerprint density at radius 2 is 0.738 bits per heavy atom. The van der Waals surface area contributed by atoms with Gasteiger partial charge in [0.05, 0.1) is 60.4 Å². The summed E-state index contributed by atoms with van der Waals surface area (Å²) in [5, 5.41) is -3.29. The summed E-state index contributed by atoms with van der Waals surface area (Å²) in [6, 6.07) is -36.6. The summed E-state index contributed by atoms with van der Waals surface area (Å²) in [4.78, 5) is 12.8. The van der Waals surface area contributed by atoms with Gasteiger partial charge in [0.1, 0.15) is 0 Å². The third-order valence-corrected chi connectivity index (χ3v) is 9.42. The fraction of sp³-hybridized carbons (Fsp3) is 0. The van der Waals surface area contributed by atoms with Crippen LogP contribution in [0, 0.1) is 0 Å². The Bertz CT molecular complexity index is 5610. The van der Waals surface area contributed by atoms with Crippen LogP contribution in [-0.2, 0) is 0 Å². The molecule has 2 aromatic heterocycles. The van der Waals surface area contributed by atoms with E-state index in [-0.39, 0.29) is 0 Å². The van der Waals surface area contributed by atoms with Crippen molar-refractivity contribution in [3.05, 3.63) is 218 Å². The topological polar surface area (TPSA) is 43.6 Å². The van der Waals surface area contributed by atoms with Crippen molar-refractivity contribution >= 4 is 43.4 Å². The molecule has 0 radical (unpaired) electrons. The van der Waals surface area contributed by atoms with Crippen LogP contribution in [0.3, 0.4) is 0 Å². The fourth-order valence-electron chi connectivity index (χ4n) is 6.88. The van der Waals surface area contributed by atoms with Crippen molar-refractivity contribution in [2.45, 2.75) is 0 Å². The molecule has 0 aliphatic carbocycles. The van der Waals surface area contributed by atoms with Crippen molar-refractivity contribution in [1.29, 1.82) is 0 Å². The van der Waals surface area contributed by atoms with Crippen LogP contribution in [-0.4, -0.2) is 19.5 Å². The van der Waals surface area contributed by atoms with E-state index in [2.05, 4.69) is 15.0 Å². The van der Waals surface area contributed by atoms with Gasteiger partial charge in [-0.15, -0.1) is 0 Å². The Labute approximate surface area is 403 Å². The lowest BCUT2D eigenvalue weighted by Crippen LogP contribution is -2.00. The molecule has 12 rings (SSSR count). The third-order valence-electron chi connectivity index (χ3n) is 9.42. The molecule has 0 unspecified atom stereocenters. The normalized spacial score (nSPS) is 19.9. The van der Waals surface area contributed by atoms with Crippen molar-refractivity contribution in [3.8, 4) is 73.2 Å². The zero-order valence-corrected chi connectivity index (χ0v) is 30.3. The highest BCUT2D eigenvalue weighted by Gasteiger charge is 2.22. The maximum atomic E-state index is 10.1. The van der Waals surface area contributed by atoms with Gasteiger partial charge in [-0.2, -0.15) is 0 Å². The number of fused-ring (bicyclic) bond motifs is 3. The van der Waals surface area contributed by atoms with Crippen LogP contribution in [0.1, 0.15) is 49.3 Å². The summed E-state index contributed by atoms with van der Waals surface area (Å²) in [6.07, 6.45) is 0. The van der Waals surface area contributed by atoms with E-state index in [0.717, 1.165) is 4.57 Å². The summed E-state index contributed by atoms with van der Waals surface area (Å²) in [5.74, 6) is -3.03.